The first-order valence-corrected chi connectivity index (χ1v) is 5.23. The standard InChI is InChI=1S/C11H17N3/c1-14-8-7-11(13-14)12-9-10-5-3-2-4-6-10/h2-3,7-8,10H,4-6,9H2,1H3,(H,12,13)/t10-/m1/s1. The van der Waals surface area contributed by atoms with Gasteiger partial charge >= 0.3 is 0 Å². The van der Waals surface area contributed by atoms with E-state index in [1.54, 1.807) is 0 Å². The first kappa shape index (κ1) is 9.31. The predicted octanol–water partition coefficient (Wildman–Crippen LogP) is 2.19. The van der Waals surface area contributed by atoms with Crippen molar-refractivity contribution in [2.45, 2.75) is 19.3 Å². The highest BCUT2D eigenvalue weighted by molar-refractivity contribution is 5.32. The zero-order valence-corrected chi connectivity index (χ0v) is 8.61. The topological polar surface area (TPSA) is 29.9 Å². The summed E-state index contributed by atoms with van der Waals surface area (Å²) in [7, 11) is 1.94. The van der Waals surface area contributed by atoms with Gasteiger partial charge in [0.05, 0.1) is 0 Å². The number of hydrogen-bond donors (Lipinski definition) is 1. The van der Waals surface area contributed by atoms with Crippen LogP contribution < -0.4 is 5.32 Å². The average Bonchev–Trinajstić information content (AvgIpc) is 2.63. The van der Waals surface area contributed by atoms with E-state index in [1.165, 1.54) is 19.3 Å². The molecule has 0 unspecified atom stereocenters. The molecule has 14 heavy (non-hydrogen) atoms. The normalized spacial score (nSPS) is 21.1. The summed E-state index contributed by atoms with van der Waals surface area (Å²) >= 11 is 0. The van der Waals surface area contributed by atoms with Crippen LogP contribution in [-0.2, 0) is 7.05 Å². The number of hydrogen-bond acceptors (Lipinski definition) is 2. The minimum atomic E-state index is 0.780. The van der Waals surface area contributed by atoms with Crippen molar-refractivity contribution in [2.24, 2.45) is 13.0 Å². The van der Waals surface area contributed by atoms with E-state index in [9.17, 15) is 0 Å². The Bertz CT molecular complexity index is 314. The summed E-state index contributed by atoms with van der Waals surface area (Å²) in [4.78, 5) is 0. The van der Waals surface area contributed by atoms with E-state index in [2.05, 4.69) is 22.6 Å². The third-order valence-electron chi connectivity index (χ3n) is 2.66. The molecule has 1 aliphatic carbocycles. The molecule has 0 bridgehead atoms. The van der Waals surface area contributed by atoms with Crippen molar-refractivity contribution < 1.29 is 0 Å². The third-order valence-corrected chi connectivity index (χ3v) is 2.66. The van der Waals surface area contributed by atoms with E-state index in [-0.39, 0.29) is 0 Å². The van der Waals surface area contributed by atoms with Gasteiger partial charge in [0, 0.05) is 25.9 Å². The number of nitrogens with one attached hydrogen (secondary N) is 1. The van der Waals surface area contributed by atoms with Crippen molar-refractivity contribution >= 4 is 5.82 Å². The minimum absolute atomic E-state index is 0.780. The van der Waals surface area contributed by atoms with Crippen LogP contribution in [0.5, 0.6) is 0 Å². The van der Waals surface area contributed by atoms with Gasteiger partial charge in [-0.25, -0.2) is 0 Å². The van der Waals surface area contributed by atoms with Crippen molar-refractivity contribution in [3.63, 3.8) is 0 Å². The van der Waals surface area contributed by atoms with Gasteiger partial charge in [-0.1, -0.05) is 12.2 Å². The fourth-order valence-electron chi connectivity index (χ4n) is 1.80. The fourth-order valence-corrected chi connectivity index (χ4v) is 1.80. The SMILES string of the molecule is Cn1ccc(NC[C@@H]2CC=CCC2)n1. The Morgan fingerprint density at radius 3 is 3.14 bits per heavy atom. The fraction of sp³-hybridized carbons (Fsp3) is 0.545. The highest BCUT2D eigenvalue weighted by Crippen LogP contribution is 2.18. The van der Waals surface area contributed by atoms with Gasteiger partial charge in [-0.05, 0) is 25.2 Å². The second-order valence-electron chi connectivity index (χ2n) is 3.91. The monoisotopic (exact) mass is 191 g/mol. The molecule has 1 aliphatic rings. The third kappa shape index (κ3) is 2.37. The molecule has 0 saturated carbocycles. The van der Waals surface area contributed by atoms with Gasteiger partial charge in [0.25, 0.3) is 0 Å². The Kier molecular flexibility index (Phi) is 2.87. The summed E-state index contributed by atoms with van der Waals surface area (Å²) in [5, 5.41) is 7.65. The van der Waals surface area contributed by atoms with Crippen molar-refractivity contribution in [1.82, 2.24) is 9.78 Å². The summed E-state index contributed by atoms with van der Waals surface area (Å²) in [6.07, 6.45) is 10.3. The molecule has 0 saturated heterocycles. The van der Waals surface area contributed by atoms with Crippen LogP contribution in [0.1, 0.15) is 19.3 Å². The lowest BCUT2D eigenvalue weighted by Gasteiger charge is -2.17. The van der Waals surface area contributed by atoms with E-state index in [1.807, 2.05) is 24.0 Å². The smallest absolute Gasteiger partial charge is 0.147 e. The average molecular weight is 191 g/mol. The van der Waals surface area contributed by atoms with Crippen LogP contribution in [-0.4, -0.2) is 16.3 Å². The zero-order valence-electron chi connectivity index (χ0n) is 8.61. The van der Waals surface area contributed by atoms with Crippen LogP contribution in [0.2, 0.25) is 0 Å². The molecule has 0 fully saturated rings. The van der Waals surface area contributed by atoms with Gasteiger partial charge in [-0.2, -0.15) is 5.10 Å². The van der Waals surface area contributed by atoms with Crippen LogP contribution in [0.25, 0.3) is 0 Å². The van der Waals surface area contributed by atoms with Crippen LogP contribution in [0, 0.1) is 5.92 Å². The Hall–Kier alpha value is -1.25. The molecule has 0 spiro atoms. The van der Waals surface area contributed by atoms with Gasteiger partial charge in [-0.15, -0.1) is 0 Å². The Balaban J connectivity index is 1.79. The summed E-state index contributed by atoms with van der Waals surface area (Å²) < 4.78 is 1.82. The molecule has 76 valence electrons. The number of allylic oxidation sites excluding steroid dienone is 2. The minimum Gasteiger partial charge on any atom is -0.368 e. The second kappa shape index (κ2) is 4.31. The molecule has 1 heterocycles. The van der Waals surface area contributed by atoms with Crippen LogP contribution >= 0.6 is 0 Å². The summed E-state index contributed by atoms with van der Waals surface area (Å²) in [5.74, 6) is 1.77. The number of anilines is 1. The molecule has 0 amide bonds. The van der Waals surface area contributed by atoms with Gasteiger partial charge in [0.2, 0.25) is 0 Å². The number of aromatic nitrogens is 2. The lowest BCUT2D eigenvalue weighted by molar-refractivity contribution is 0.503. The van der Waals surface area contributed by atoms with E-state index in [4.69, 9.17) is 0 Å². The van der Waals surface area contributed by atoms with Crippen LogP contribution in [0.15, 0.2) is 24.4 Å². The number of rotatable bonds is 3. The van der Waals surface area contributed by atoms with Crippen molar-refractivity contribution in [1.29, 1.82) is 0 Å². The molecule has 2 rings (SSSR count). The highest BCUT2D eigenvalue weighted by Gasteiger charge is 2.09. The maximum Gasteiger partial charge on any atom is 0.147 e. The molecule has 0 radical (unpaired) electrons. The number of aryl methyl sites for hydroxylation is 1. The van der Waals surface area contributed by atoms with Crippen LogP contribution in [0.3, 0.4) is 0 Å². The molecule has 1 atom stereocenters. The Morgan fingerprint density at radius 2 is 2.50 bits per heavy atom. The summed E-state index contributed by atoms with van der Waals surface area (Å²) in [6.45, 7) is 1.04. The molecule has 1 aromatic heterocycles. The molecular formula is C11H17N3. The van der Waals surface area contributed by atoms with Gasteiger partial charge < -0.3 is 5.32 Å². The highest BCUT2D eigenvalue weighted by atomic mass is 15.3. The maximum absolute atomic E-state index is 4.28. The van der Waals surface area contributed by atoms with Gasteiger partial charge in [0.1, 0.15) is 5.82 Å². The molecule has 1 aromatic rings. The molecule has 0 aliphatic heterocycles. The first-order valence-electron chi connectivity index (χ1n) is 5.23. The molecular weight excluding hydrogens is 174 g/mol. The van der Waals surface area contributed by atoms with Crippen molar-refractivity contribution in [3.05, 3.63) is 24.4 Å². The van der Waals surface area contributed by atoms with Gasteiger partial charge in [-0.3, -0.25) is 4.68 Å². The van der Waals surface area contributed by atoms with E-state index >= 15 is 0 Å². The molecule has 0 aromatic carbocycles. The van der Waals surface area contributed by atoms with E-state index in [0.717, 1.165) is 18.3 Å². The summed E-state index contributed by atoms with van der Waals surface area (Å²) in [5.41, 5.74) is 0. The zero-order chi connectivity index (χ0) is 9.80. The van der Waals surface area contributed by atoms with E-state index in [0.29, 0.717) is 0 Å². The first-order chi connectivity index (χ1) is 6.84. The lowest BCUT2D eigenvalue weighted by Crippen LogP contribution is -2.15. The number of nitrogens with zero attached hydrogens (tertiary/aromatic N) is 2. The largest absolute Gasteiger partial charge is 0.368 e. The Morgan fingerprint density at radius 1 is 1.57 bits per heavy atom. The Labute approximate surface area is 84.8 Å². The van der Waals surface area contributed by atoms with Crippen molar-refractivity contribution in [2.75, 3.05) is 11.9 Å². The lowest BCUT2D eigenvalue weighted by atomic mass is 9.94. The van der Waals surface area contributed by atoms with Crippen LogP contribution in [0.4, 0.5) is 5.82 Å². The van der Waals surface area contributed by atoms with E-state index < -0.39 is 0 Å². The second-order valence-corrected chi connectivity index (χ2v) is 3.91. The summed E-state index contributed by atoms with van der Waals surface area (Å²) in [6, 6.07) is 2.01. The van der Waals surface area contributed by atoms with Gasteiger partial charge in [0.15, 0.2) is 0 Å². The predicted molar refractivity (Wildman–Crippen MR) is 58.2 cm³/mol. The molecule has 3 heteroatoms. The van der Waals surface area contributed by atoms with Crippen molar-refractivity contribution in [3.8, 4) is 0 Å². The maximum atomic E-state index is 4.28. The quantitative estimate of drug-likeness (QED) is 0.742. The molecule has 1 N–H and O–H groups in total. The molecule has 3 nitrogen and oxygen atoms in total.